The molecule has 0 amide bonds. The molecule has 1 unspecified atom stereocenters. The molecule has 0 radical (unpaired) electrons. The molecule has 3 nitrogen and oxygen atoms in total. The molecule has 0 aliphatic rings. The van der Waals surface area contributed by atoms with Crippen LogP contribution in [0.1, 0.15) is 13.3 Å². The number of nitrogens with two attached hydrogens (primary N) is 1. The lowest BCUT2D eigenvalue weighted by atomic mass is 10.3. The van der Waals surface area contributed by atoms with Gasteiger partial charge in [-0.15, -0.1) is 12.4 Å². The highest BCUT2D eigenvalue weighted by Crippen LogP contribution is 1.91. The molecule has 0 fully saturated rings. The van der Waals surface area contributed by atoms with Gasteiger partial charge in [-0.05, 0) is 6.42 Å². The molecule has 0 heterocycles. The Hall–Kier alpha value is 0.200. The molecule has 64 valence electrons. The summed E-state index contributed by atoms with van der Waals surface area (Å²) in [6.45, 7) is 1.87. The van der Waals surface area contributed by atoms with E-state index in [1.165, 1.54) is 6.26 Å². The van der Waals surface area contributed by atoms with Crippen molar-refractivity contribution in [2.45, 2.75) is 19.4 Å². The van der Waals surface area contributed by atoms with E-state index in [1.54, 1.807) is 0 Å². The van der Waals surface area contributed by atoms with E-state index in [-0.39, 0.29) is 24.2 Å². The Morgan fingerprint density at radius 1 is 1.50 bits per heavy atom. The van der Waals surface area contributed by atoms with Crippen molar-refractivity contribution >= 4 is 22.2 Å². The summed E-state index contributed by atoms with van der Waals surface area (Å²) in [5.74, 6) is 0.101. The van der Waals surface area contributed by atoms with E-state index in [4.69, 9.17) is 5.73 Å². The Kier molecular flexibility index (Phi) is 6.33. The Morgan fingerprint density at radius 3 is 2.00 bits per heavy atom. The quantitative estimate of drug-likeness (QED) is 0.687. The van der Waals surface area contributed by atoms with Crippen LogP contribution < -0.4 is 5.73 Å². The first-order valence-electron chi connectivity index (χ1n) is 2.89. The molecule has 0 aromatic rings. The van der Waals surface area contributed by atoms with Crippen LogP contribution in [0.2, 0.25) is 0 Å². The number of rotatable bonds is 3. The summed E-state index contributed by atoms with van der Waals surface area (Å²) in [6, 6.07) is -0.194. The van der Waals surface area contributed by atoms with Crippen LogP contribution in [-0.4, -0.2) is 26.5 Å². The van der Waals surface area contributed by atoms with E-state index >= 15 is 0 Å². The number of hydrogen-bond acceptors (Lipinski definition) is 3. The molecule has 0 saturated heterocycles. The Balaban J connectivity index is 0. The summed E-state index contributed by atoms with van der Waals surface area (Å²) < 4.78 is 21.0. The van der Waals surface area contributed by atoms with Crippen LogP contribution >= 0.6 is 12.4 Å². The zero-order valence-electron chi connectivity index (χ0n) is 6.20. The van der Waals surface area contributed by atoms with Crippen molar-refractivity contribution in [2.24, 2.45) is 5.73 Å². The fourth-order valence-electron chi connectivity index (χ4n) is 0.507. The van der Waals surface area contributed by atoms with Crippen LogP contribution in [0.15, 0.2) is 0 Å². The predicted molar refractivity (Wildman–Crippen MR) is 45.2 cm³/mol. The molecule has 0 aliphatic heterocycles. The number of hydrogen-bond donors (Lipinski definition) is 1. The molecule has 0 saturated carbocycles. The van der Waals surface area contributed by atoms with Gasteiger partial charge in [0.15, 0.2) is 0 Å². The summed E-state index contributed by atoms with van der Waals surface area (Å²) in [7, 11) is -2.86. The largest absolute Gasteiger partial charge is 0.327 e. The zero-order valence-corrected chi connectivity index (χ0v) is 7.83. The molecule has 0 rings (SSSR count). The van der Waals surface area contributed by atoms with Crippen molar-refractivity contribution in [3.05, 3.63) is 0 Å². The van der Waals surface area contributed by atoms with E-state index in [0.29, 0.717) is 6.42 Å². The van der Waals surface area contributed by atoms with Crippen molar-refractivity contribution in [1.82, 2.24) is 0 Å². The van der Waals surface area contributed by atoms with Crippen LogP contribution in [0.5, 0.6) is 0 Å². The molecule has 2 N–H and O–H groups in total. The minimum absolute atomic E-state index is 0. The van der Waals surface area contributed by atoms with Crippen LogP contribution in [0.25, 0.3) is 0 Å². The van der Waals surface area contributed by atoms with Gasteiger partial charge in [-0.2, -0.15) is 0 Å². The summed E-state index contributed by atoms with van der Waals surface area (Å²) in [5.41, 5.74) is 5.38. The summed E-state index contributed by atoms with van der Waals surface area (Å²) >= 11 is 0. The van der Waals surface area contributed by atoms with Crippen molar-refractivity contribution < 1.29 is 8.42 Å². The van der Waals surface area contributed by atoms with Gasteiger partial charge >= 0.3 is 0 Å². The molecule has 5 heteroatoms. The summed E-state index contributed by atoms with van der Waals surface area (Å²) in [5, 5.41) is 0. The second kappa shape index (κ2) is 4.93. The minimum Gasteiger partial charge on any atom is -0.327 e. The molecule has 0 aliphatic carbocycles. The molecule has 0 bridgehead atoms. The lowest BCUT2D eigenvalue weighted by Gasteiger charge is -2.04. The Morgan fingerprint density at radius 2 is 1.90 bits per heavy atom. The third kappa shape index (κ3) is 8.20. The highest BCUT2D eigenvalue weighted by Gasteiger charge is 2.07. The highest BCUT2D eigenvalue weighted by molar-refractivity contribution is 7.90. The van der Waals surface area contributed by atoms with Crippen molar-refractivity contribution in [3.8, 4) is 0 Å². The van der Waals surface area contributed by atoms with Gasteiger partial charge in [-0.3, -0.25) is 0 Å². The first-order chi connectivity index (χ1) is 3.95. The maximum absolute atomic E-state index is 10.5. The van der Waals surface area contributed by atoms with Crippen molar-refractivity contribution in [1.29, 1.82) is 0 Å². The second-order valence-corrected chi connectivity index (χ2v) is 4.45. The van der Waals surface area contributed by atoms with Gasteiger partial charge in [0.2, 0.25) is 0 Å². The van der Waals surface area contributed by atoms with E-state index in [0.717, 1.165) is 0 Å². The first kappa shape index (κ1) is 12.8. The molecule has 0 spiro atoms. The maximum Gasteiger partial charge on any atom is 0.148 e. The third-order valence-corrected chi connectivity index (χ3v) is 2.07. The molecule has 1 atom stereocenters. The van der Waals surface area contributed by atoms with Crippen molar-refractivity contribution in [3.63, 3.8) is 0 Å². The monoisotopic (exact) mass is 187 g/mol. The fourth-order valence-corrected chi connectivity index (χ4v) is 1.52. The van der Waals surface area contributed by atoms with E-state index in [2.05, 4.69) is 0 Å². The van der Waals surface area contributed by atoms with Gasteiger partial charge in [0, 0.05) is 12.3 Å². The molecule has 0 aromatic heterocycles. The van der Waals surface area contributed by atoms with Gasteiger partial charge in [0.1, 0.15) is 9.84 Å². The second-order valence-electron chi connectivity index (χ2n) is 2.26. The molecule has 10 heavy (non-hydrogen) atoms. The fraction of sp³-hybridized carbons (Fsp3) is 1.00. The topological polar surface area (TPSA) is 60.2 Å². The third-order valence-electron chi connectivity index (χ3n) is 1.04. The Bertz CT molecular complexity index is 166. The molecular weight excluding hydrogens is 174 g/mol. The van der Waals surface area contributed by atoms with Crippen LogP contribution in [0.4, 0.5) is 0 Å². The average Bonchev–Trinajstić information content (AvgIpc) is 1.62. The van der Waals surface area contributed by atoms with E-state index in [9.17, 15) is 8.42 Å². The average molecular weight is 188 g/mol. The normalized spacial score (nSPS) is 13.9. The van der Waals surface area contributed by atoms with Crippen LogP contribution in [0, 0.1) is 0 Å². The van der Waals surface area contributed by atoms with E-state index < -0.39 is 9.84 Å². The molecule has 0 aromatic carbocycles. The smallest absolute Gasteiger partial charge is 0.148 e. The number of sulfone groups is 1. The minimum atomic E-state index is -2.86. The van der Waals surface area contributed by atoms with Gasteiger partial charge in [0.05, 0.1) is 5.75 Å². The Labute approximate surface area is 68.3 Å². The summed E-state index contributed by atoms with van der Waals surface area (Å²) in [4.78, 5) is 0. The first-order valence-corrected chi connectivity index (χ1v) is 4.95. The maximum atomic E-state index is 10.5. The standard InChI is InChI=1S/C5H13NO2S.ClH/c1-3-5(6)4-9(2,7)8;/h5H,3-4,6H2,1-2H3;1H. The summed E-state index contributed by atoms with van der Waals surface area (Å²) in [6.07, 6.45) is 1.91. The van der Waals surface area contributed by atoms with Crippen LogP contribution in [0.3, 0.4) is 0 Å². The van der Waals surface area contributed by atoms with Gasteiger partial charge in [-0.25, -0.2) is 8.42 Å². The van der Waals surface area contributed by atoms with E-state index in [1.807, 2.05) is 6.92 Å². The van der Waals surface area contributed by atoms with Gasteiger partial charge in [0.25, 0.3) is 0 Å². The lowest BCUT2D eigenvalue weighted by Crippen LogP contribution is -2.27. The SMILES string of the molecule is CCC(N)CS(C)(=O)=O.Cl. The van der Waals surface area contributed by atoms with Gasteiger partial charge < -0.3 is 5.73 Å². The molecular formula is C5H14ClNO2S. The zero-order chi connectivity index (χ0) is 7.49. The highest BCUT2D eigenvalue weighted by atomic mass is 35.5. The van der Waals surface area contributed by atoms with Crippen molar-refractivity contribution in [2.75, 3.05) is 12.0 Å². The predicted octanol–water partition coefficient (Wildman–Crippen LogP) is 0.190. The van der Waals surface area contributed by atoms with Gasteiger partial charge in [-0.1, -0.05) is 6.92 Å². The lowest BCUT2D eigenvalue weighted by molar-refractivity contribution is 0.589. The number of halogens is 1. The van der Waals surface area contributed by atoms with Crippen LogP contribution in [-0.2, 0) is 9.84 Å².